The van der Waals surface area contributed by atoms with E-state index in [4.69, 9.17) is 0 Å². The van der Waals surface area contributed by atoms with E-state index in [9.17, 15) is 19.8 Å². The predicted molar refractivity (Wildman–Crippen MR) is 113 cm³/mol. The summed E-state index contributed by atoms with van der Waals surface area (Å²) in [6.07, 6.45) is 1.82. The Morgan fingerprint density at radius 1 is 0.607 bits per heavy atom. The molecule has 0 heterocycles. The molecule has 0 atom stereocenters. The lowest BCUT2D eigenvalue weighted by Crippen LogP contribution is -2.10. The van der Waals surface area contributed by atoms with Gasteiger partial charge in [-0.05, 0) is 63.8 Å². The van der Waals surface area contributed by atoms with Gasteiger partial charge < -0.3 is 10.2 Å². The molecule has 0 fully saturated rings. The largest absolute Gasteiger partial charge is 0.507 e. The fourth-order valence-corrected chi connectivity index (χ4v) is 3.70. The summed E-state index contributed by atoms with van der Waals surface area (Å²) in [4.78, 5) is 24.5. The maximum absolute atomic E-state index is 12.3. The normalized spacial score (nSPS) is 12.2. The number of hydrogen-bond acceptors (Lipinski definition) is 4. The molecule has 2 rings (SSSR count). The molecule has 0 bridgehead atoms. The second-order valence-electron chi connectivity index (χ2n) is 7.34. The molecule has 2 aromatic carbocycles. The van der Waals surface area contributed by atoms with Crippen LogP contribution in [0.2, 0.25) is 0 Å². The molecule has 0 spiro atoms. The van der Waals surface area contributed by atoms with Gasteiger partial charge in [0.1, 0.15) is 11.5 Å². The summed E-state index contributed by atoms with van der Waals surface area (Å²) >= 11 is 0. The molecule has 4 heteroatoms. The van der Waals surface area contributed by atoms with Crippen LogP contribution in [0.1, 0.15) is 44.5 Å². The quantitative estimate of drug-likeness (QED) is 0.427. The highest BCUT2D eigenvalue weighted by Crippen LogP contribution is 2.24. The summed E-state index contributed by atoms with van der Waals surface area (Å²) in [6.45, 7) is 11.2. The Hall–Kier alpha value is -3.14. The smallest absolute Gasteiger partial charge is 0.229 e. The van der Waals surface area contributed by atoms with Crippen molar-refractivity contribution in [2.75, 3.05) is 0 Å². The third-order valence-electron chi connectivity index (χ3n) is 4.64. The summed E-state index contributed by atoms with van der Waals surface area (Å²) in [5.74, 6) is -2.32. The first kappa shape index (κ1) is 21.2. The van der Waals surface area contributed by atoms with Gasteiger partial charge in [0, 0.05) is 23.3 Å². The van der Waals surface area contributed by atoms with Gasteiger partial charge in [-0.2, -0.15) is 0 Å². The minimum absolute atomic E-state index is 0.260. The maximum Gasteiger partial charge on any atom is 0.229 e. The van der Waals surface area contributed by atoms with Crippen LogP contribution < -0.4 is 0 Å². The Morgan fingerprint density at radius 3 is 1.11 bits per heavy atom. The van der Waals surface area contributed by atoms with Gasteiger partial charge in [-0.3, -0.25) is 9.59 Å². The van der Waals surface area contributed by atoms with Crippen molar-refractivity contribution in [1.82, 2.24) is 0 Å². The molecule has 0 aliphatic carbocycles. The third-order valence-corrected chi connectivity index (χ3v) is 4.64. The Labute approximate surface area is 165 Å². The maximum atomic E-state index is 12.3. The molecule has 0 radical (unpaired) electrons. The monoisotopic (exact) mass is 378 g/mol. The zero-order chi connectivity index (χ0) is 21.2. The van der Waals surface area contributed by atoms with Gasteiger partial charge in [-0.25, -0.2) is 0 Å². The molecular formula is C24H26O4. The van der Waals surface area contributed by atoms with E-state index in [1.807, 2.05) is 65.8 Å². The van der Waals surface area contributed by atoms with Crippen molar-refractivity contribution >= 4 is 23.1 Å². The molecule has 2 N–H and O–H groups in total. The first-order chi connectivity index (χ1) is 13.0. The predicted octanol–water partition coefficient (Wildman–Crippen LogP) is 5.17. The van der Waals surface area contributed by atoms with Crippen LogP contribution in [0.3, 0.4) is 0 Å². The Bertz CT molecular complexity index is 893. The molecule has 0 amide bonds. The van der Waals surface area contributed by atoms with E-state index >= 15 is 0 Å². The third kappa shape index (κ3) is 4.58. The van der Waals surface area contributed by atoms with Crippen molar-refractivity contribution < 1.29 is 19.8 Å². The van der Waals surface area contributed by atoms with Crippen molar-refractivity contribution in [2.45, 2.75) is 41.5 Å². The fraction of sp³-hybridized carbons (Fsp3) is 0.250. The molecular weight excluding hydrogens is 352 g/mol. The number of allylic oxidation sites excluding steroid dienone is 2. The van der Waals surface area contributed by atoms with E-state index in [1.54, 1.807) is 0 Å². The molecule has 0 saturated heterocycles. The second kappa shape index (κ2) is 8.26. The van der Waals surface area contributed by atoms with Crippen LogP contribution in [-0.4, -0.2) is 21.8 Å². The number of aliphatic hydroxyl groups excluding tert-OH is 2. The number of carbonyl (C=O) groups is 2. The molecule has 0 saturated carbocycles. The molecule has 0 aromatic heterocycles. The topological polar surface area (TPSA) is 74.6 Å². The van der Waals surface area contributed by atoms with Crippen molar-refractivity contribution in [1.29, 1.82) is 0 Å². The molecule has 0 unspecified atom stereocenters. The van der Waals surface area contributed by atoms with Crippen LogP contribution in [0.15, 0.2) is 36.4 Å². The van der Waals surface area contributed by atoms with E-state index in [0.717, 1.165) is 45.5 Å². The molecule has 146 valence electrons. The first-order valence-electron chi connectivity index (χ1n) is 9.07. The summed E-state index contributed by atoms with van der Waals surface area (Å²) in [5.41, 5.74) is 6.42. The van der Waals surface area contributed by atoms with Crippen LogP contribution in [0.5, 0.6) is 0 Å². The molecule has 2 aromatic rings. The van der Waals surface area contributed by atoms with E-state index in [2.05, 4.69) is 0 Å². The average molecular weight is 378 g/mol. The lowest BCUT2D eigenvalue weighted by atomic mass is 9.96. The van der Waals surface area contributed by atoms with Crippen LogP contribution in [-0.2, 0) is 9.59 Å². The van der Waals surface area contributed by atoms with Gasteiger partial charge in [0.05, 0.1) is 0 Å². The van der Waals surface area contributed by atoms with Crippen molar-refractivity contribution in [3.63, 3.8) is 0 Å². The zero-order valence-corrected chi connectivity index (χ0v) is 17.2. The standard InChI is InChI=1S/C24H26O4/c1-13-7-15(3)23(16(4)8-13)21(27)11-19(25)20(26)12-22(28)24-17(5)9-14(2)10-18(24)6/h7-12,27-28H,1-6H3/b21-11+,22-12+. The number of hydrogen-bond donors (Lipinski definition) is 2. The van der Waals surface area contributed by atoms with Gasteiger partial charge >= 0.3 is 0 Å². The Kier molecular flexibility index (Phi) is 6.24. The molecule has 0 aliphatic heterocycles. The SMILES string of the molecule is Cc1cc(C)c(/C(O)=C\C(=O)C(=O)/C=C(/O)c2c(C)cc(C)cc2C)c(C)c1. The van der Waals surface area contributed by atoms with E-state index in [-0.39, 0.29) is 11.5 Å². The molecule has 0 aliphatic rings. The summed E-state index contributed by atoms with van der Waals surface area (Å²) < 4.78 is 0. The van der Waals surface area contributed by atoms with Crippen LogP contribution >= 0.6 is 0 Å². The van der Waals surface area contributed by atoms with Gasteiger partial charge in [0.15, 0.2) is 0 Å². The van der Waals surface area contributed by atoms with Crippen LogP contribution in [0.25, 0.3) is 11.5 Å². The lowest BCUT2D eigenvalue weighted by molar-refractivity contribution is -0.130. The van der Waals surface area contributed by atoms with Crippen LogP contribution in [0.4, 0.5) is 0 Å². The second-order valence-corrected chi connectivity index (χ2v) is 7.34. The lowest BCUT2D eigenvalue weighted by Gasteiger charge is -2.11. The zero-order valence-electron chi connectivity index (χ0n) is 17.2. The Balaban J connectivity index is 2.34. The number of benzene rings is 2. The van der Waals surface area contributed by atoms with Gasteiger partial charge in [-0.1, -0.05) is 35.4 Å². The van der Waals surface area contributed by atoms with Gasteiger partial charge in [0.25, 0.3) is 0 Å². The highest BCUT2D eigenvalue weighted by molar-refractivity contribution is 6.47. The number of aryl methyl sites for hydroxylation is 6. The first-order valence-corrected chi connectivity index (χ1v) is 9.07. The average Bonchev–Trinajstić information content (AvgIpc) is 2.52. The van der Waals surface area contributed by atoms with E-state index in [0.29, 0.717) is 11.1 Å². The molecule has 4 nitrogen and oxygen atoms in total. The highest BCUT2D eigenvalue weighted by atomic mass is 16.3. The van der Waals surface area contributed by atoms with E-state index in [1.165, 1.54) is 0 Å². The number of carbonyl (C=O) groups excluding carboxylic acids is 2. The highest BCUT2D eigenvalue weighted by Gasteiger charge is 2.16. The fourth-order valence-electron chi connectivity index (χ4n) is 3.70. The number of rotatable bonds is 5. The number of aliphatic hydroxyl groups is 2. The van der Waals surface area contributed by atoms with Crippen molar-refractivity contribution in [2.24, 2.45) is 0 Å². The summed E-state index contributed by atoms with van der Waals surface area (Å²) in [6, 6.07) is 7.58. The van der Waals surface area contributed by atoms with E-state index < -0.39 is 11.6 Å². The summed E-state index contributed by atoms with van der Waals surface area (Å²) in [5, 5.41) is 20.7. The van der Waals surface area contributed by atoms with Gasteiger partial charge in [0.2, 0.25) is 11.6 Å². The summed E-state index contributed by atoms with van der Waals surface area (Å²) in [7, 11) is 0. The minimum atomic E-state index is -0.897. The minimum Gasteiger partial charge on any atom is -0.507 e. The van der Waals surface area contributed by atoms with Crippen LogP contribution in [0, 0.1) is 41.5 Å². The van der Waals surface area contributed by atoms with Gasteiger partial charge in [-0.15, -0.1) is 0 Å². The number of ketones is 2. The Morgan fingerprint density at radius 2 is 0.857 bits per heavy atom. The van der Waals surface area contributed by atoms with Crippen molar-refractivity contribution in [3.8, 4) is 0 Å². The van der Waals surface area contributed by atoms with Crippen molar-refractivity contribution in [3.05, 3.63) is 80.9 Å². The molecule has 28 heavy (non-hydrogen) atoms.